The van der Waals surface area contributed by atoms with Crippen LogP contribution in [-0.2, 0) is 6.54 Å². The number of rotatable bonds is 10. The molecule has 4 aromatic rings. The van der Waals surface area contributed by atoms with Gasteiger partial charge in [0.2, 0.25) is 0 Å². The second-order valence-electron chi connectivity index (χ2n) is 9.02. The summed E-state index contributed by atoms with van der Waals surface area (Å²) in [4.78, 5) is 21.2. The Bertz CT molecular complexity index is 1310. The molecule has 0 fully saturated rings. The van der Waals surface area contributed by atoms with Gasteiger partial charge in [0.25, 0.3) is 5.91 Å². The van der Waals surface area contributed by atoms with Crippen molar-refractivity contribution in [2.75, 3.05) is 13.2 Å². The first-order valence-corrected chi connectivity index (χ1v) is 12.7. The lowest BCUT2D eigenvalue weighted by atomic mass is 10.0. The highest BCUT2D eigenvalue weighted by Gasteiger charge is 2.20. The molecule has 36 heavy (non-hydrogen) atoms. The molecule has 3 heterocycles. The van der Waals surface area contributed by atoms with E-state index in [0.717, 1.165) is 35.5 Å². The van der Waals surface area contributed by atoms with Crippen LogP contribution in [0, 0.1) is 0 Å². The number of unbranched alkanes of at least 4 members (excludes halogenated alkanes) is 4. The molecule has 2 aromatic carbocycles. The molecule has 5 rings (SSSR count). The van der Waals surface area contributed by atoms with E-state index in [1.807, 2.05) is 30.3 Å². The Balaban J connectivity index is 1.24. The Hall–Kier alpha value is -4.00. The van der Waals surface area contributed by atoms with Gasteiger partial charge in [0, 0.05) is 18.3 Å². The number of carbonyl (C=O) groups is 1. The Morgan fingerprint density at radius 1 is 0.889 bits per heavy atom. The van der Waals surface area contributed by atoms with Gasteiger partial charge in [-0.2, -0.15) is 5.10 Å². The fourth-order valence-electron chi connectivity index (χ4n) is 4.35. The summed E-state index contributed by atoms with van der Waals surface area (Å²) >= 11 is 0. The molecule has 0 aliphatic carbocycles. The van der Waals surface area contributed by atoms with Crippen LogP contribution in [0.4, 0.5) is 0 Å². The Morgan fingerprint density at radius 3 is 2.36 bits per heavy atom. The minimum absolute atomic E-state index is 0.105. The number of aromatic nitrogens is 4. The average molecular weight is 482 g/mol. The zero-order chi connectivity index (χ0) is 24.7. The van der Waals surface area contributed by atoms with E-state index in [9.17, 15) is 4.79 Å². The fraction of sp³-hybridized carbons (Fsp3) is 0.310. The highest BCUT2D eigenvalue weighted by atomic mass is 16.5. The molecule has 0 atom stereocenters. The number of fused-ring (bicyclic) bond motifs is 1. The van der Waals surface area contributed by atoms with E-state index in [1.54, 1.807) is 16.9 Å². The third-order valence-electron chi connectivity index (χ3n) is 6.39. The van der Waals surface area contributed by atoms with E-state index in [1.165, 1.54) is 25.7 Å². The van der Waals surface area contributed by atoms with Crippen molar-refractivity contribution in [3.8, 4) is 39.7 Å². The van der Waals surface area contributed by atoms with Gasteiger partial charge in [-0.15, -0.1) is 0 Å². The number of nitrogens with one attached hydrogen (secondary N) is 1. The van der Waals surface area contributed by atoms with E-state index in [2.05, 4.69) is 46.6 Å². The number of benzene rings is 2. The standard InChI is InChI=1S/C29H31N5O2/c1-2-3-4-5-6-19-36-24-13-11-22(12-14-24)21-7-9-23(10-8-21)28-30-16-15-25(32-28)26-20-27-29(35)31-17-18-34(27)33-26/h7-16,20H,2-6,17-19H2,1H3,(H,31,35). The van der Waals surface area contributed by atoms with Crippen LogP contribution < -0.4 is 10.1 Å². The molecule has 0 saturated carbocycles. The second kappa shape index (κ2) is 11.2. The van der Waals surface area contributed by atoms with Crippen LogP contribution >= 0.6 is 0 Å². The van der Waals surface area contributed by atoms with E-state index in [0.29, 0.717) is 36.0 Å². The molecule has 2 aromatic heterocycles. The lowest BCUT2D eigenvalue weighted by Crippen LogP contribution is -2.35. The summed E-state index contributed by atoms with van der Waals surface area (Å²) in [7, 11) is 0. The summed E-state index contributed by atoms with van der Waals surface area (Å²) in [6.07, 6.45) is 7.91. The van der Waals surface area contributed by atoms with Crippen LogP contribution in [0.15, 0.2) is 66.9 Å². The zero-order valence-electron chi connectivity index (χ0n) is 20.6. The topological polar surface area (TPSA) is 81.9 Å². The van der Waals surface area contributed by atoms with Crippen molar-refractivity contribution in [2.24, 2.45) is 0 Å². The van der Waals surface area contributed by atoms with Crippen molar-refractivity contribution in [3.05, 3.63) is 72.6 Å². The lowest BCUT2D eigenvalue weighted by molar-refractivity contribution is 0.0924. The Kier molecular flexibility index (Phi) is 7.36. The van der Waals surface area contributed by atoms with Gasteiger partial charge in [0.15, 0.2) is 5.82 Å². The highest BCUT2D eigenvalue weighted by molar-refractivity contribution is 5.94. The van der Waals surface area contributed by atoms with Gasteiger partial charge >= 0.3 is 0 Å². The van der Waals surface area contributed by atoms with Crippen LogP contribution in [0.3, 0.4) is 0 Å². The maximum Gasteiger partial charge on any atom is 0.269 e. The first-order chi connectivity index (χ1) is 17.7. The predicted molar refractivity (Wildman–Crippen MR) is 141 cm³/mol. The minimum atomic E-state index is -0.105. The number of ether oxygens (including phenoxy) is 1. The Morgan fingerprint density at radius 2 is 1.61 bits per heavy atom. The summed E-state index contributed by atoms with van der Waals surface area (Å²) in [5.74, 6) is 1.43. The van der Waals surface area contributed by atoms with Gasteiger partial charge < -0.3 is 10.1 Å². The molecule has 0 bridgehead atoms. The van der Waals surface area contributed by atoms with Crippen LogP contribution in [0.2, 0.25) is 0 Å². The molecule has 1 N–H and O–H groups in total. The normalized spacial score (nSPS) is 12.8. The summed E-state index contributed by atoms with van der Waals surface area (Å²) in [6.45, 7) is 4.25. The van der Waals surface area contributed by atoms with Crippen LogP contribution in [0.5, 0.6) is 5.75 Å². The van der Waals surface area contributed by atoms with E-state index >= 15 is 0 Å². The molecule has 0 saturated heterocycles. The molecular formula is C29H31N5O2. The summed E-state index contributed by atoms with van der Waals surface area (Å²) in [6, 6.07) is 20.1. The van der Waals surface area contributed by atoms with Crippen molar-refractivity contribution in [1.82, 2.24) is 25.1 Å². The van der Waals surface area contributed by atoms with E-state index < -0.39 is 0 Å². The van der Waals surface area contributed by atoms with Crippen molar-refractivity contribution in [1.29, 1.82) is 0 Å². The number of hydrogen-bond donors (Lipinski definition) is 1. The summed E-state index contributed by atoms with van der Waals surface area (Å²) < 4.78 is 7.62. The predicted octanol–water partition coefficient (Wildman–Crippen LogP) is 5.77. The molecule has 1 amide bonds. The molecule has 7 heteroatoms. The molecule has 7 nitrogen and oxygen atoms in total. The lowest BCUT2D eigenvalue weighted by Gasteiger charge is -2.13. The monoisotopic (exact) mass is 481 g/mol. The van der Waals surface area contributed by atoms with Crippen molar-refractivity contribution >= 4 is 5.91 Å². The van der Waals surface area contributed by atoms with E-state index in [4.69, 9.17) is 9.72 Å². The molecule has 184 valence electrons. The van der Waals surface area contributed by atoms with Crippen LogP contribution in [0.1, 0.15) is 49.5 Å². The molecule has 0 spiro atoms. The minimum Gasteiger partial charge on any atom is -0.494 e. The number of amides is 1. The van der Waals surface area contributed by atoms with Crippen LogP contribution in [0.25, 0.3) is 33.9 Å². The molecule has 1 aliphatic rings. The zero-order valence-corrected chi connectivity index (χ0v) is 20.6. The smallest absolute Gasteiger partial charge is 0.269 e. The summed E-state index contributed by atoms with van der Waals surface area (Å²) in [5, 5.41) is 7.40. The molecular weight excluding hydrogens is 450 g/mol. The van der Waals surface area contributed by atoms with Crippen molar-refractivity contribution < 1.29 is 9.53 Å². The molecule has 0 radical (unpaired) electrons. The maximum absolute atomic E-state index is 12.1. The number of hydrogen-bond acceptors (Lipinski definition) is 5. The van der Waals surface area contributed by atoms with Gasteiger partial charge in [-0.25, -0.2) is 9.97 Å². The number of carbonyl (C=O) groups excluding carboxylic acids is 1. The highest BCUT2D eigenvalue weighted by Crippen LogP contribution is 2.26. The first-order valence-electron chi connectivity index (χ1n) is 12.7. The van der Waals surface area contributed by atoms with Crippen molar-refractivity contribution in [3.63, 3.8) is 0 Å². The van der Waals surface area contributed by atoms with Gasteiger partial charge in [-0.3, -0.25) is 9.48 Å². The molecule has 1 aliphatic heterocycles. The quantitative estimate of drug-likeness (QED) is 0.291. The maximum atomic E-state index is 12.1. The number of nitrogens with zero attached hydrogens (tertiary/aromatic N) is 4. The van der Waals surface area contributed by atoms with Gasteiger partial charge in [-0.1, -0.05) is 69.0 Å². The van der Waals surface area contributed by atoms with Crippen LogP contribution in [-0.4, -0.2) is 38.8 Å². The fourth-order valence-corrected chi connectivity index (χ4v) is 4.35. The van der Waals surface area contributed by atoms with E-state index in [-0.39, 0.29) is 5.91 Å². The van der Waals surface area contributed by atoms with Gasteiger partial charge in [0.1, 0.15) is 17.1 Å². The van der Waals surface area contributed by atoms with Gasteiger partial charge in [0.05, 0.1) is 18.8 Å². The SMILES string of the molecule is CCCCCCCOc1ccc(-c2ccc(-c3nccc(-c4cc5n(n4)CCNC5=O)n3)cc2)cc1. The Labute approximate surface area is 211 Å². The largest absolute Gasteiger partial charge is 0.494 e. The van der Waals surface area contributed by atoms with Crippen molar-refractivity contribution in [2.45, 2.75) is 45.6 Å². The second-order valence-corrected chi connectivity index (χ2v) is 9.02. The average Bonchev–Trinajstić information content (AvgIpc) is 3.37. The third-order valence-corrected chi connectivity index (χ3v) is 6.39. The third kappa shape index (κ3) is 5.46. The first kappa shape index (κ1) is 23.7. The summed E-state index contributed by atoms with van der Waals surface area (Å²) in [5.41, 5.74) is 5.10. The molecule has 0 unspecified atom stereocenters. The van der Waals surface area contributed by atoms with Gasteiger partial charge in [-0.05, 0) is 41.8 Å².